The maximum Gasteiger partial charge on any atom is 0.220 e. The molecule has 17 heavy (non-hydrogen) atoms. The molecular weight excluding hydrogens is 260 g/mol. The average molecular weight is 280 g/mol. The largest absolute Gasteiger partial charge is 0.392 e. The van der Waals surface area contributed by atoms with E-state index in [9.17, 15) is 8.42 Å². The van der Waals surface area contributed by atoms with E-state index in [1.807, 2.05) is 0 Å². The van der Waals surface area contributed by atoms with Crippen molar-refractivity contribution in [3.8, 4) is 0 Å². The van der Waals surface area contributed by atoms with Crippen LogP contribution in [0.1, 0.15) is 32.6 Å². The van der Waals surface area contributed by atoms with Crippen LogP contribution >= 0.6 is 12.2 Å². The fraction of sp³-hybridized carbons (Fsp3) is 0.900. The zero-order chi connectivity index (χ0) is 12.9. The van der Waals surface area contributed by atoms with Crippen LogP contribution in [0.5, 0.6) is 0 Å². The Morgan fingerprint density at radius 1 is 1.53 bits per heavy atom. The molecule has 0 amide bonds. The van der Waals surface area contributed by atoms with Gasteiger partial charge in [-0.3, -0.25) is 0 Å². The van der Waals surface area contributed by atoms with Gasteiger partial charge in [-0.2, -0.15) is 0 Å². The van der Waals surface area contributed by atoms with Gasteiger partial charge in [0.15, 0.2) is 0 Å². The van der Waals surface area contributed by atoms with Crippen LogP contribution in [0.4, 0.5) is 0 Å². The minimum absolute atomic E-state index is 0.0192. The van der Waals surface area contributed by atoms with Crippen molar-refractivity contribution < 1.29 is 13.2 Å². The molecule has 1 atom stereocenters. The number of nitrogens with two attached hydrogens (primary N) is 1. The molecule has 0 aromatic heterocycles. The van der Waals surface area contributed by atoms with E-state index in [0.29, 0.717) is 12.7 Å². The highest BCUT2D eigenvalue weighted by Gasteiger charge is 2.22. The molecule has 1 saturated carbocycles. The molecule has 0 aliphatic heterocycles. The molecular formula is C10H20N2O3S2. The third kappa shape index (κ3) is 4.87. The summed E-state index contributed by atoms with van der Waals surface area (Å²) < 4.78 is 31.3. The Bertz CT molecular complexity index is 351. The van der Waals surface area contributed by atoms with Gasteiger partial charge in [0.25, 0.3) is 0 Å². The van der Waals surface area contributed by atoms with Gasteiger partial charge in [-0.1, -0.05) is 25.1 Å². The van der Waals surface area contributed by atoms with Crippen LogP contribution in [0.2, 0.25) is 0 Å². The molecule has 0 heterocycles. The summed E-state index contributed by atoms with van der Waals surface area (Å²) in [6.07, 6.45) is 4.86. The van der Waals surface area contributed by atoms with Crippen molar-refractivity contribution in [3.63, 3.8) is 0 Å². The molecule has 1 aliphatic rings. The summed E-state index contributed by atoms with van der Waals surface area (Å²) >= 11 is 4.66. The quantitative estimate of drug-likeness (QED) is 0.525. The minimum Gasteiger partial charge on any atom is -0.392 e. The molecule has 1 aliphatic carbocycles. The predicted molar refractivity (Wildman–Crippen MR) is 71.4 cm³/mol. The van der Waals surface area contributed by atoms with Gasteiger partial charge < -0.3 is 10.5 Å². The van der Waals surface area contributed by atoms with Crippen LogP contribution in [0, 0.1) is 0 Å². The lowest BCUT2D eigenvalue weighted by atomic mass is 10.3. The van der Waals surface area contributed by atoms with Gasteiger partial charge in [0.2, 0.25) is 10.0 Å². The summed E-state index contributed by atoms with van der Waals surface area (Å²) in [7, 11) is -3.45. The first-order valence-electron chi connectivity index (χ1n) is 5.83. The molecule has 1 rings (SSSR count). The van der Waals surface area contributed by atoms with Crippen LogP contribution in [0.3, 0.4) is 0 Å². The Labute approximate surface area is 108 Å². The van der Waals surface area contributed by atoms with E-state index in [1.165, 1.54) is 19.8 Å². The van der Waals surface area contributed by atoms with Crippen LogP contribution in [0.15, 0.2) is 0 Å². The van der Waals surface area contributed by atoms with Crippen LogP contribution < -0.4 is 10.5 Å². The van der Waals surface area contributed by atoms with Gasteiger partial charge in [0, 0.05) is 6.54 Å². The van der Waals surface area contributed by atoms with Gasteiger partial charge in [0.05, 0.1) is 17.7 Å². The molecule has 0 bridgehead atoms. The first-order valence-corrected chi connectivity index (χ1v) is 7.78. The van der Waals surface area contributed by atoms with Gasteiger partial charge in [0.1, 0.15) is 5.25 Å². The molecule has 1 fully saturated rings. The first kappa shape index (κ1) is 14.8. The molecule has 0 aromatic carbocycles. The second kappa shape index (κ2) is 6.63. The zero-order valence-electron chi connectivity index (χ0n) is 10.0. The highest BCUT2D eigenvalue weighted by Crippen LogP contribution is 2.20. The summed E-state index contributed by atoms with van der Waals surface area (Å²) in [5.74, 6) is 0. The minimum atomic E-state index is -3.45. The number of sulfonamides is 1. The summed E-state index contributed by atoms with van der Waals surface area (Å²) in [5.41, 5.74) is 5.31. The van der Waals surface area contributed by atoms with Crippen molar-refractivity contribution in [1.82, 2.24) is 4.72 Å². The Hall–Kier alpha value is -0.240. The zero-order valence-corrected chi connectivity index (χ0v) is 11.6. The first-order chi connectivity index (χ1) is 7.93. The second-order valence-corrected chi connectivity index (χ2v) is 6.82. The van der Waals surface area contributed by atoms with E-state index in [-0.39, 0.29) is 11.5 Å². The van der Waals surface area contributed by atoms with Crippen molar-refractivity contribution in [2.45, 2.75) is 44.0 Å². The van der Waals surface area contributed by atoms with Gasteiger partial charge in [-0.15, -0.1) is 0 Å². The van der Waals surface area contributed by atoms with E-state index in [1.54, 1.807) is 0 Å². The Balaban J connectivity index is 2.23. The smallest absolute Gasteiger partial charge is 0.220 e. The number of rotatable bonds is 7. The molecule has 100 valence electrons. The van der Waals surface area contributed by atoms with Gasteiger partial charge in [-0.05, 0) is 19.8 Å². The molecule has 0 saturated heterocycles. The Kier molecular flexibility index (Phi) is 5.78. The Morgan fingerprint density at radius 2 is 2.12 bits per heavy atom. The van der Waals surface area contributed by atoms with Crippen LogP contribution in [-0.4, -0.2) is 37.9 Å². The maximum atomic E-state index is 11.6. The lowest BCUT2D eigenvalue weighted by Crippen LogP contribution is -2.41. The molecule has 5 nitrogen and oxygen atoms in total. The molecule has 0 aromatic rings. The van der Waals surface area contributed by atoms with E-state index >= 15 is 0 Å². The summed E-state index contributed by atoms with van der Waals surface area (Å²) in [4.78, 5) is -0.0192. The van der Waals surface area contributed by atoms with E-state index in [4.69, 9.17) is 10.5 Å². The highest BCUT2D eigenvalue weighted by molar-refractivity contribution is 7.93. The number of nitrogens with one attached hydrogen (secondary N) is 1. The summed E-state index contributed by atoms with van der Waals surface area (Å²) in [6, 6.07) is 0. The van der Waals surface area contributed by atoms with Crippen LogP contribution in [-0.2, 0) is 14.8 Å². The summed E-state index contributed by atoms with van der Waals surface area (Å²) in [6.45, 7) is 2.14. The SMILES string of the molecule is CC(C(N)=S)S(=O)(=O)NCCOC1CCCC1. The van der Waals surface area contributed by atoms with Crippen molar-refractivity contribution in [3.05, 3.63) is 0 Å². The lowest BCUT2D eigenvalue weighted by molar-refractivity contribution is 0.0626. The molecule has 1 unspecified atom stereocenters. The number of ether oxygens (including phenoxy) is 1. The van der Waals surface area contributed by atoms with Crippen molar-refractivity contribution in [1.29, 1.82) is 0 Å². The van der Waals surface area contributed by atoms with Crippen molar-refractivity contribution in [2.75, 3.05) is 13.2 Å². The lowest BCUT2D eigenvalue weighted by Gasteiger charge is -2.14. The van der Waals surface area contributed by atoms with Gasteiger partial charge >= 0.3 is 0 Å². The fourth-order valence-electron chi connectivity index (χ4n) is 1.74. The van der Waals surface area contributed by atoms with Crippen molar-refractivity contribution in [2.24, 2.45) is 5.73 Å². The average Bonchev–Trinajstić information content (AvgIpc) is 2.76. The third-order valence-corrected chi connectivity index (χ3v) is 5.22. The molecule has 7 heteroatoms. The maximum absolute atomic E-state index is 11.6. The molecule has 3 N–H and O–H groups in total. The third-order valence-electron chi connectivity index (χ3n) is 2.93. The molecule has 0 spiro atoms. The second-order valence-electron chi connectivity index (χ2n) is 4.26. The molecule has 0 radical (unpaired) electrons. The number of thiocarbonyl (C=S) groups is 1. The van der Waals surface area contributed by atoms with Crippen molar-refractivity contribution >= 4 is 27.2 Å². The topological polar surface area (TPSA) is 81.4 Å². The number of hydrogen-bond acceptors (Lipinski definition) is 4. The normalized spacial score (nSPS) is 19.4. The predicted octanol–water partition coefficient (Wildman–Crippen LogP) is 0.540. The Morgan fingerprint density at radius 3 is 2.65 bits per heavy atom. The fourth-order valence-corrected chi connectivity index (χ4v) is 3.05. The monoisotopic (exact) mass is 280 g/mol. The van der Waals surface area contributed by atoms with E-state index in [0.717, 1.165) is 12.8 Å². The number of hydrogen-bond donors (Lipinski definition) is 2. The van der Waals surface area contributed by atoms with E-state index < -0.39 is 15.3 Å². The van der Waals surface area contributed by atoms with Crippen LogP contribution in [0.25, 0.3) is 0 Å². The standard InChI is InChI=1S/C10H20N2O3S2/c1-8(10(11)16)17(13,14)12-6-7-15-9-4-2-3-5-9/h8-9,12H,2-7H2,1H3,(H2,11,16). The van der Waals surface area contributed by atoms with Gasteiger partial charge in [-0.25, -0.2) is 13.1 Å². The van der Waals surface area contributed by atoms with E-state index in [2.05, 4.69) is 16.9 Å². The summed E-state index contributed by atoms with van der Waals surface area (Å²) in [5, 5.41) is -0.844. The highest BCUT2D eigenvalue weighted by atomic mass is 32.2.